The van der Waals surface area contributed by atoms with Crippen LogP contribution in [0.4, 0.5) is 4.39 Å². The predicted octanol–water partition coefficient (Wildman–Crippen LogP) is 3.45. The minimum absolute atomic E-state index is 0.00657. The highest BCUT2D eigenvalue weighted by Crippen LogP contribution is 2.19. The molecule has 3 heterocycles. The molecule has 9 heteroatoms. The molecule has 0 bridgehead atoms. The van der Waals surface area contributed by atoms with E-state index in [1.54, 1.807) is 11.4 Å². The lowest BCUT2D eigenvalue weighted by molar-refractivity contribution is 0.370. The Morgan fingerprint density at radius 3 is 2.53 bits per heavy atom. The minimum Gasteiger partial charge on any atom is -0.337 e. The standard InChI is InChI=1S/C21H13FN4O3S/c22-14-6-8-15(9-7-14)26-20(27)18-16(10-11-30-18)25(21(26)28)12-17-23-19(24-29-17)13-4-2-1-3-5-13/h1-11H,12H2. The smallest absolute Gasteiger partial charge is 0.336 e. The molecule has 5 aromatic rings. The number of thiophene rings is 1. The van der Waals surface area contributed by atoms with Crippen LogP contribution in [0.15, 0.2) is 80.2 Å². The van der Waals surface area contributed by atoms with E-state index in [1.165, 1.54) is 40.2 Å². The van der Waals surface area contributed by atoms with Gasteiger partial charge in [-0.1, -0.05) is 35.5 Å². The van der Waals surface area contributed by atoms with Gasteiger partial charge in [0.2, 0.25) is 11.7 Å². The summed E-state index contributed by atoms with van der Waals surface area (Å²) in [6.07, 6.45) is 0. The molecule has 5 rings (SSSR count). The molecule has 30 heavy (non-hydrogen) atoms. The van der Waals surface area contributed by atoms with Crippen molar-refractivity contribution in [2.24, 2.45) is 0 Å². The summed E-state index contributed by atoms with van der Waals surface area (Å²) in [7, 11) is 0. The fourth-order valence-corrected chi connectivity index (χ4v) is 4.04. The summed E-state index contributed by atoms with van der Waals surface area (Å²) in [4.78, 5) is 30.5. The van der Waals surface area contributed by atoms with Gasteiger partial charge in [0, 0.05) is 5.56 Å². The number of hydrogen-bond donors (Lipinski definition) is 0. The lowest BCUT2D eigenvalue weighted by Gasteiger charge is -2.10. The summed E-state index contributed by atoms with van der Waals surface area (Å²) in [5.41, 5.74) is 0.524. The van der Waals surface area contributed by atoms with E-state index in [1.807, 2.05) is 30.3 Å². The monoisotopic (exact) mass is 420 g/mol. The average Bonchev–Trinajstić information content (AvgIpc) is 3.43. The Hall–Kier alpha value is -3.85. The van der Waals surface area contributed by atoms with E-state index in [2.05, 4.69) is 10.1 Å². The third-order valence-corrected chi connectivity index (χ3v) is 5.52. The molecule has 0 aliphatic heterocycles. The second-order valence-corrected chi connectivity index (χ2v) is 7.41. The summed E-state index contributed by atoms with van der Waals surface area (Å²) >= 11 is 1.23. The first-order valence-electron chi connectivity index (χ1n) is 8.99. The first-order valence-corrected chi connectivity index (χ1v) is 9.87. The Balaban J connectivity index is 1.64. The van der Waals surface area contributed by atoms with Crippen molar-refractivity contribution in [3.63, 3.8) is 0 Å². The molecule has 0 fully saturated rings. The molecular formula is C21H13FN4O3S. The first kappa shape index (κ1) is 18.2. The van der Waals surface area contributed by atoms with Gasteiger partial charge < -0.3 is 4.52 Å². The summed E-state index contributed by atoms with van der Waals surface area (Å²) in [5.74, 6) is 0.184. The highest BCUT2D eigenvalue weighted by atomic mass is 32.1. The Bertz CT molecular complexity index is 1470. The lowest BCUT2D eigenvalue weighted by atomic mass is 10.2. The Kier molecular flexibility index (Phi) is 4.36. The van der Waals surface area contributed by atoms with Crippen molar-refractivity contribution in [3.8, 4) is 17.1 Å². The maximum Gasteiger partial charge on any atom is 0.336 e. The summed E-state index contributed by atoms with van der Waals surface area (Å²) in [6, 6.07) is 16.2. The van der Waals surface area contributed by atoms with Crippen molar-refractivity contribution in [1.82, 2.24) is 19.3 Å². The van der Waals surface area contributed by atoms with Crippen molar-refractivity contribution in [1.29, 1.82) is 0 Å². The van der Waals surface area contributed by atoms with Crippen LogP contribution in [0.3, 0.4) is 0 Å². The zero-order valence-corrected chi connectivity index (χ0v) is 16.2. The number of benzene rings is 2. The van der Waals surface area contributed by atoms with Crippen molar-refractivity contribution in [2.75, 3.05) is 0 Å². The SMILES string of the molecule is O=c1c2sccc2n(Cc2nc(-c3ccccc3)no2)c(=O)n1-c1ccc(F)cc1. The van der Waals surface area contributed by atoms with Crippen molar-refractivity contribution in [2.45, 2.75) is 6.54 Å². The molecule has 2 aromatic carbocycles. The molecule has 0 radical (unpaired) electrons. The third-order valence-electron chi connectivity index (χ3n) is 4.63. The number of rotatable bonds is 4. The van der Waals surface area contributed by atoms with Gasteiger partial charge in [-0.25, -0.2) is 13.8 Å². The maximum absolute atomic E-state index is 13.3. The molecular weight excluding hydrogens is 407 g/mol. The zero-order valence-electron chi connectivity index (χ0n) is 15.4. The molecule has 148 valence electrons. The molecule has 0 saturated heterocycles. The van der Waals surface area contributed by atoms with Crippen LogP contribution in [0.1, 0.15) is 5.89 Å². The molecule has 0 saturated carbocycles. The Labute approximate surface area is 172 Å². The van der Waals surface area contributed by atoms with Gasteiger partial charge in [-0.05, 0) is 35.7 Å². The molecule has 3 aromatic heterocycles. The van der Waals surface area contributed by atoms with E-state index >= 15 is 0 Å². The van der Waals surface area contributed by atoms with E-state index in [4.69, 9.17) is 4.52 Å². The normalized spacial score (nSPS) is 11.2. The summed E-state index contributed by atoms with van der Waals surface area (Å²) in [5, 5.41) is 5.72. The molecule has 0 atom stereocenters. The van der Waals surface area contributed by atoms with Crippen molar-refractivity contribution < 1.29 is 8.91 Å². The topological polar surface area (TPSA) is 82.9 Å². The molecule has 0 amide bonds. The highest BCUT2D eigenvalue weighted by Gasteiger charge is 2.18. The lowest BCUT2D eigenvalue weighted by Crippen LogP contribution is -2.38. The average molecular weight is 420 g/mol. The van der Waals surface area contributed by atoms with Gasteiger partial charge in [0.25, 0.3) is 5.56 Å². The van der Waals surface area contributed by atoms with Gasteiger partial charge in [-0.2, -0.15) is 4.98 Å². The third kappa shape index (κ3) is 3.05. The summed E-state index contributed by atoms with van der Waals surface area (Å²) in [6.45, 7) is -0.00657. The van der Waals surface area contributed by atoms with Gasteiger partial charge in [0.1, 0.15) is 17.1 Å². The molecule has 0 aliphatic carbocycles. The number of aromatic nitrogens is 4. The number of fused-ring (bicyclic) bond motifs is 1. The number of hydrogen-bond acceptors (Lipinski definition) is 6. The van der Waals surface area contributed by atoms with E-state index in [-0.39, 0.29) is 18.1 Å². The van der Waals surface area contributed by atoms with Crippen LogP contribution in [0, 0.1) is 5.82 Å². The van der Waals surface area contributed by atoms with Gasteiger partial charge >= 0.3 is 5.69 Å². The second-order valence-electron chi connectivity index (χ2n) is 6.50. The van der Waals surface area contributed by atoms with Crippen LogP contribution in [0.5, 0.6) is 0 Å². The van der Waals surface area contributed by atoms with Crippen LogP contribution in [0.2, 0.25) is 0 Å². The first-order chi connectivity index (χ1) is 14.6. The second kappa shape index (κ2) is 7.20. The van der Waals surface area contributed by atoms with Gasteiger partial charge in [-0.15, -0.1) is 11.3 Å². The highest BCUT2D eigenvalue weighted by molar-refractivity contribution is 7.17. The van der Waals surface area contributed by atoms with Gasteiger partial charge in [-0.3, -0.25) is 9.36 Å². The van der Waals surface area contributed by atoms with Gasteiger partial charge in [0.05, 0.1) is 11.2 Å². The maximum atomic E-state index is 13.3. The number of nitrogens with zero attached hydrogens (tertiary/aromatic N) is 4. The predicted molar refractivity (Wildman–Crippen MR) is 110 cm³/mol. The molecule has 0 aliphatic rings. The van der Waals surface area contributed by atoms with E-state index < -0.39 is 17.1 Å². The fourth-order valence-electron chi connectivity index (χ4n) is 3.22. The minimum atomic E-state index is -0.572. The van der Waals surface area contributed by atoms with Crippen molar-refractivity contribution >= 4 is 21.6 Å². The van der Waals surface area contributed by atoms with Crippen LogP contribution < -0.4 is 11.2 Å². The van der Waals surface area contributed by atoms with Crippen LogP contribution in [-0.4, -0.2) is 19.3 Å². The van der Waals surface area contributed by atoms with Crippen LogP contribution in [0.25, 0.3) is 27.3 Å². The van der Waals surface area contributed by atoms with Gasteiger partial charge in [0.15, 0.2) is 0 Å². The van der Waals surface area contributed by atoms with E-state index in [0.29, 0.717) is 16.0 Å². The molecule has 0 spiro atoms. The number of halogens is 1. The quantitative estimate of drug-likeness (QED) is 0.445. The van der Waals surface area contributed by atoms with Crippen LogP contribution in [-0.2, 0) is 6.54 Å². The molecule has 0 unspecified atom stereocenters. The van der Waals surface area contributed by atoms with Crippen LogP contribution >= 0.6 is 11.3 Å². The summed E-state index contributed by atoms with van der Waals surface area (Å²) < 4.78 is 21.5. The molecule has 7 nitrogen and oxygen atoms in total. The Morgan fingerprint density at radius 2 is 1.77 bits per heavy atom. The zero-order chi connectivity index (χ0) is 20.7. The van der Waals surface area contributed by atoms with E-state index in [9.17, 15) is 14.0 Å². The Morgan fingerprint density at radius 1 is 1.00 bits per heavy atom. The molecule has 0 N–H and O–H groups in total. The van der Waals surface area contributed by atoms with Crippen molar-refractivity contribution in [3.05, 3.63) is 98.6 Å². The van der Waals surface area contributed by atoms with E-state index in [0.717, 1.165) is 10.1 Å². The fraction of sp³-hybridized carbons (Fsp3) is 0.0476. The largest absolute Gasteiger partial charge is 0.337 e.